The molecule has 0 radical (unpaired) electrons. The van der Waals surface area contributed by atoms with E-state index in [0.717, 1.165) is 51.4 Å². The summed E-state index contributed by atoms with van der Waals surface area (Å²) in [5.74, 6) is -0.473. The van der Waals surface area contributed by atoms with Crippen LogP contribution in [0.5, 0.6) is 0 Å². The molecule has 0 saturated carbocycles. The van der Waals surface area contributed by atoms with Gasteiger partial charge < -0.3 is 9.11 Å². The van der Waals surface area contributed by atoms with Crippen molar-refractivity contribution in [2.45, 2.75) is 89.9 Å². The monoisotopic (exact) mass is 430 g/mol. The average Bonchev–Trinajstić information content (AvgIpc) is 2.44. The fraction of sp³-hybridized carbons (Fsp3) is 1.00. The van der Waals surface area contributed by atoms with Gasteiger partial charge in [0, 0.05) is 11.5 Å². The van der Waals surface area contributed by atoms with Gasteiger partial charge in [-0.05, 0) is 12.8 Å². The van der Waals surface area contributed by atoms with E-state index in [0.29, 0.717) is 12.8 Å². The summed E-state index contributed by atoms with van der Waals surface area (Å²) in [6.07, 6.45) is 13.9. The molecule has 0 unspecified atom stereocenters. The summed E-state index contributed by atoms with van der Waals surface area (Å²) < 4.78 is 62.5. The van der Waals surface area contributed by atoms with Crippen molar-refractivity contribution in [3.63, 3.8) is 0 Å². The van der Waals surface area contributed by atoms with Crippen molar-refractivity contribution in [2.75, 3.05) is 11.5 Å². The first-order chi connectivity index (χ1) is 11.2. The van der Waals surface area contributed by atoms with Gasteiger partial charge in [0.15, 0.2) is 0 Å². The molecule has 0 aromatic rings. The largest absolute Gasteiger partial charge is 1.00 e. The molecule has 0 spiro atoms. The van der Waals surface area contributed by atoms with Crippen molar-refractivity contribution in [3.05, 3.63) is 0 Å². The van der Waals surface area contributed by atoms with Crippen LogP contribution >= 0.6 is 0 Å². The van der Waals surface area contributed by atoms with Crippen LogP contribution in [0.1, 0.15) is 89.9 Å². The van der Waals surface area contributed by atoms with E-state index < -0.39 is 20.2 Å². The van der Waals surface area contributed by atoms with Crippen molar-refractivity contribution in [1.29, 1.82) is 0 Å². The minimum Gasteiger partial charge on any atom is -0.748 e. The first-order valence-corrected chi connectivity index (χ1v) is 12.2. The van der Waals surface area contributed by atoms with E-state index in [1.54, 1.807) is 0 Å². The van der Waals surface area contributed by atoms with E-state index >= 15 is 0 Å². The third kappa shape index (κ3) is 30.5. The van der Waals surface area contributed by atoms with Crippen LogP contribution in [0, 0.1) is 0 Å². The summed E-state index contributed by atoms with van der Waals surface area (Å²) >= 11 is 0. The molecule has 146 valence electrons. The molecular weight excluding hydrogens is 398 g/mol. The van der Waals surface area contributed by atoms with E-state index in [-0.39, 0.29) is 70.6 Å². The molecule has 0 heterocycles. The Morgan fingerprint density at radius 2 is 0.538 bits per heavy atom. The van der Waals surface area contributed by atoms with Crippen LogP contribution in [-0.4, -0.2) is 37.4 Å². The first-order valence-electron chi connectivity index (χ1n) is 9.08. The SMILES string of the molecule is O=S(=O)([O-])CCCCCCCCCCCCCCCCS(=O)(=O)[O-].[Na+].[Na+]. The Balaban J connectivity index is -0.00000264. The van der Waals surface area contributed by atoms with Crippen LogP contribution in [0.25, 0.3) is 0 Å². The second-order valence-corrected chi connectivity index (χ2v) is 9.52. The van der Waals surface area contributed by atoms with Gasteiger partial charge in [-0.2, -0.15) is 0 Å². The van der Waals surface area contributed by atoms with Crippen molar-refractivity contribution in [3.8, 4) is 0 Å². The van der Waals surface area contributed by atoms with Gasteiger partial charge in [0.05, 0.1) is 20.2 Å². The Morgan fingerprint density at radius 3 is 0.692 bits per heavy atom. The molecule has 0 N–H and O–H groups in total. The molecular formula is C16H32Na2O6S2. The normalized spacial score (nSPS) is 11.6. The Kier molecular flexibility index (Phi) is 25.1. The van der Waals surface area contributed by atoms with E-state index in [2.05, 4.69) is 0 Å². The molecule has 0 aromatic heterocycles. The zero-order valence-corrected chi connectivity index (χ0v) is 22.2. The van der Waals surface area contributed by atoms with Crippen molar-refractivity contribution in [1.82, 2.24) is 0 Å². The van der Waals surface area contributed by atoms with Crippen LogP contribution in [-0.2, 0) is 20.2 Å². The molecule has 0 aromatic carbocycles. The molecule has 6 nitrogen and oxygen atoms in total. The zero-order valence-electron chi connectivity index (χ0n) is 16.6. The number of rotatable bonds is 17. The minimum absolute atomic E-state index is 0. The number of unbranched alkanes of at least 4 members (excludes halogenated alkanes) is 13. The van der Waals surface area contributed by atoms with Crippen LogP contribution in [0.15, 0.2) is 0 Å². The van der Waals surface area contributed by atoms with Gasteiger partial charge in [-0.3, -0.25) is 0 Å². The van der Waals surface area contributed by atoms with Crippen LogP contribution < -0.4 is 59.1 Å². The second kappa shape index (κ2) is 20.1. The Hall–Kier alpha value is 1.82. The Bertz CT molecular complexity index is 449. The maximum Gasteiger partial charge on any atom is 1.00 e. The van der Waals surface area contributed by atoms with Gasteiger partial charge in [-0.1, -0.05) is 77.0 Å². The molecule has 0 amide bonds. The van der Waals surface area contributed by atoms with Gasteiger partial charge in [0.1, 0.15) is 0 Å². The summed E-state index contributed by atoms with van der Waals surface area (Å²) in [6.45, 7) is 0. The summed E-state index contributed by atoms with van der Waals surface area (Å²) in [6, 6.07) is 0. The van der Waals surface area contributed by atoms with E-state index in [1.807, 2.05) is 0 Å². The molecule has 0 atom stereocenters. The summed E-state index contributed by atoms with van der Waals surface area (Å²) in [5.41, 5.74) is 0. The third-order valence-corrected chi connectivity index (χ3v) is 5.62. The molecule has 0 aliphatic rings. The Morgan fingerprint density at radius 1 is 0.385 bits per heavy atom. The van der Waals surface area contributed by atoms with E-state index in [4.69, 9.17) is 0 Å². The molecule has 0 fully saturated rings. The number of hydrogen-bond acceptors (Lipinski definition) is 6. The third-order valence-electron chi connectivity index (χ3n) is 4.04. The maximum absolute atomic E-state index is 10.4. The molecule has 0 saturated heterocycles. The van der Waals surface area contributed by atoms with Gasteiger partial charge in [-0.25, -0.2) is 16.8 Å². The van der Waals surface area contributed by atoms with Crippen molar-refractivity contribution in [2.24, 2.45) is 0 Å². The zero-order chi connectivity index (χ0) is 18.3. The van der Waals surface area contributed by atoms with Gasteiger partial charge in [0.25, 0.3) is 0 Å². The van der Waals surface area contributed by atoms with Crippen LogP contribution in [0.4, 0.5) is 0 Å². The molecule has 0 rings (SSSR count). The molecule has 26 heavy (non-hydrogen) atoms. The number of hydrogen-bond donors (Lipinski definition) is 0. The maximum atomic E-state index is 10.4. The topological polar surface area (TPSA) is 114 Å². The van der Waals surface area contributed by atoms with Crippen LogP contribution in [0.2, 0.25) is 0 Å². The molecule has 0 bridgehead atoms. The van der Waals surface area contributed by atoms with Crippen LogP contribution in [0.3, 0.4) is 0 Å². The molecule has 0 aliphatic heterocycles. The first kappa shape index (κ1) is 32.5. The summed E-state index contributed by atoms with van der Waals surface area (Å²) in [5, 5.41) is 0. The van der Waals surface area contributed by atoms with Gasteiger partial charge in [0.2, 0.25) is 0 Å². The standard InChI is InChI=1S/C16H34O6S2.2Na/c17-23(18,19)15-13-11-9-7-5-3-1-2-4-6-8-10-12-14-16-24(20,21)22;;/h1-16H2,(H,17,18,19)(H,20,21,22);;/q;2*+1/p-2. The smallest absolute Gasteiger partial charge is 0.748 e. The van der Waals surface area contributed by atoms with Crippen molar-refractivity contribution < 1.29 is 85.1 Å². The molecule has 10 heteroatoms. The fourth-order valence-corrected chi connectivity index (χ4v) is 3.79. The minimum atomic E-state index is -4.04. The van der Waals surface area contributed by atoms with E-state index in [1.165, 1.54) is 25.7 Å². The summed E-state index contributed by atoms with van der Waals surface area (Å²) in [7, 11) is -8.08. The average molecular weight is 431 g/mol. The van der Waals surface area contributed by atoms with Gasteiger partial charge in [-0.15, -0.1) is 0 Å². The summed E-state index contributed by atoms with van der Waals surface area (Å²) in [4.78, 5) is 0. The predicted octanol–water partition coefficient (Wildman–Crippen LogP) is -2.45. The molecule has 0 aliphatic carbocycles. The quantitative estimate of drug-likeness (QED) is 0.144. The fourth-order valence-electron chi connectivity index (χ4n) is 2.68. The van der Waals surface area contributed by atoms with E-state index in [9.17, 15) is 25.9 Å². The van der Waals surface area contributed by atoms with Gasteiger partial charge >= 0.3 is 59.1 Å². The second-order valence-electron chi connectivity index (χ2n) is 6.47. The predicted molar refractivity (Wildman–Crippen MR) is 93.8 cm³/mol. The van der Waals surface area contributed by atoms with Crippen molar-refractivity contribution >= 4 is 20.2 Å². The Labute approximate surface area is 204 Å².